The van der Waals surface area contributed by atoms with Gasteiger partial charge in [0.25, 0.3) is 0 Å². The third kappa shape index (κ3) is 3.55. The van der Waals surface area contributed by atoms with Gasteiger partial charge in [0.2, 0.25) is 5.82 Å². The van der Waals surface area contributed by atoms with E-state index in [4.69, 9.17) is 9.15 Å². The molecule has 0 amide bonds. The fourth-order valence-electron chi connectivity index (χ4n) is 4.07. The molecular formula is C23H23N5O3. The van der Waals surface area contributed by atoms with Gasteiger partial charge in [0.1, 0.15) is 23.2 Å². The van der Waals surface area contributed by atoms with E-state index in [1.807, 2.05) is 74.5 Å². The highest BCUT2D eigenvalue weighted by molar-refractivity contribution is 5.61. The van der Waals surface area contributed by atoms with E-state index in [0.29, 0.717) is 18.1 Å². The highest BCUT2D eigenvalue weighted by Crippen LogP contribution is 2.45. The lowest BCUT2D eigenvalue weighted by Gasteiger charge is -2.47. The lowest BCUT2D eigenvalue weighted by Crippen LogP contribution is -2.53. The summed E-state index contributed by atoms with van der Waals surface area (Å²) < 4.78 is 11.8. The van der Waals surface area contributed by atoms with E-state index in [1.165, 1.54) is 0 Å². The quantitative estimate of drug-likeness (QED) is 0.510. The highest BCUT2D eigenvalue weighted by atomic mass is 16.5. The molecule has 5 rings (SSSR count). The van der Waals surface area contributed by atoms with Crippen molar-refractivity contribution in [1.29, 1.82) is 0 Å². The van der Waals surface area contributed by atoms with Crippen molar-refractivity contribution in [1.82, 2.24) is 20.6 Å². The van der Waals surface area contributed by atoms with Gasteiger partial charge < -0.3 is 19.2 Å². The van der Waals surface area contributed by atoms with Crippen LogP contribution in [0.2, 0.25) is 0 Å². The van der Waals surface area contributed by atoms with Crippen LogP contribution in [0.25, 0.3) is 11.4 Å². The Morgan fingerprint density at radius 2 is 1.94 bits per heavy atom. The molecule has 0 aliphatic carbocycles. The Morgan fingerprint density at radius 1 is 1.10 bits per heavy atom. The van der Waals surface area contributed by atoms with Crippen molar-refractivity contribution in [2.24, 2.45) is 0 Å². The van der Waals surface area contributed by atoms with Crippen molar-refractivity contribution < 1.29 is 14.3 Å². The Bertz CT molecular complexity index is 1140. The van der Waals surface area contributed by atoms with Gasteiger partial charge >= 0.3 is 0 Å². The summed E-state index contributed by atoms with van der Waals surface area (Å²) in [7, 11) is 0. The molecule has 1 aliphatic rings. The Morgan fingerprint density at radius 3 is 2.65 bits per heavy atom. The van der Waals surface area contributed by atoms with Crippen LogP contribution in [0.3, 0.4) is 0 Å². The van der Waals surface area contributed by atoms with Crippen LogP contribution < -0.4 is 9.64 Å². The van der Waals surface area contributed by atoms with Gasteiger partial charge in [0.05, 0.1) is 18.8 Å². The minimum atomic E-state index is -0.810. The topological polar surface area (TPSA) is 100 Å². The van der Waals surface area contributed by atoms with Crippen molar-refractivity contribution in [3.63, 3.8) is 0 Å². The fourth-order valence-corrected chi connectivity index (χ4v) is 4.07. The summed E-state index contributed by atoms with van der Waals surface area (Å²) in [4.78, 5) is 2.15. The number of aromatic nitrogens is 4. The van der Waals surface area contributed by atoms with Crippen LogP contribution in [0.5, 0.6) is 5.75 Å². The number of nitrogens with zero attached hydrogens (tertiary/aromatic N) is 4. The molecule has 2 aromatic heterocycles. The average Bonchev–Trinajstić information content (AvgIpc) is 3.48. The summed E-state index contributed by atoms with van der Waals surface area (Å²) in [5.41, 5.74) is 1.82. The summed E-state index contributed by atoms with van der Waals surface area (Å²) in [5.74, 6) is 2.00. The monoisotopic (exact) mass is 417 g/mol. The number of anilines is 1. The van der Waals surface area contributed by atoms with Gasteiger partial charge in [-0.3, -0.25) is 0 Å². The van der Waals surface area contributed by atoms with Crippen molar-refractivity contribution in [2.75, 3.05) is 4.90 Å². The molecule has 0 fully saturated rings. The van der Waals surface area contributed by atoms with Crippen LogP contribution in [0, 0.1) is 0 Å². The molecule has 0 saturated heterocycles. The Labute approximate surface area is 179 Å². The van der Waals surface area contributed by atoms with E-state index in [-0.39, 0.29) is 0 Å². The first-order valence-electron chi connectivity index (χ1n) is 10.1. The zero-order valence-corrected chi connectivity index (χ0v) is 17.3. The molecule has 2 aromatic carbocycles. The molecular weight excluding hydrogens is 394 g/mol. The Hall–Kier alpha value is -3.65. The predicted molar refractivity (Wildman–Crippen MR) is 114 cm³/mol. The van der Waals surface area contributed by atoms with Crippen molar-refractivity contribution in [3.8, 4) is 17.1 Å². The maximum absolute atomic E-state index is 11.5. The van der Waals surface area contributed by atoms with E-state index < -0.39 is 17.7 Å². The molecule has 3 heterocycles. The first-order valence-corrected chi connectivity index (χ1v) is 10.1. The number of hydrogen-bond donors (Lipinski definition) is 2. The maximum Gasteiger partial charge on any atom is 0.204 e. The molecule has 4 aromatic rings. The third-order valence-corrected chi connectivity index (χ3v) is 5.65. The van der Waals surface area contributed by atoms with E-state index in [1.54, 1.807) is 6.26 Å². The number of rotatable bonds is 5. The molecule has 2 atom stereocenters. The summed E-state index contributed by atoms with van der Waals surface area (Å²) in [6.07, 6.45) is 0.848. The molecule has 158 valence electrons. The van der Waals surface area contributed by atoms with Gasteiger partial charge in [-0.15, -0.1) is 10.2 Å². The largest absolute Gasteiger partial charge is 0.485 e. The van der Waals surface area contributed by atoms with Crippen molar-refractivity contribution >= 4 is 5.69 Å². The van der Waals surface area contributed by atoms with Crippen molar-refractivity contribution in [2.45, 2.75) is 38.1 Å². The van der Waals surface area contributed by atoms with Gasteiger partial charge in [-0.25, -0.2) is 0 Å². The van der Waals surface area contributed by atoms with Crippen LogP contribution >= 0.6 is 0 Å². The van der Waals surface area contributed by atoms with E-state index in [2.05, 4.69) is 25.5 Å². The van der Waals surface area contributed by atoms with Crippen LogP contribution in [0.1, 0.15) is 31.2 Å². The van der Waals surface area contributed by atoms with Gasteiger partial charge in [0.15, 0.2) is 0 Å². The molecule has 1 aliphatic heterocycles. The zero-order valence-electron chi connectivity index (χ0n) is 17.3. The number of fused-ring (bicyclic) bond motifs is 1. The minimum absolute atomic E-state index is 0.391. The number of H-pyrrole nitrogens is 1. The summed E-state index contributed by atoms with van der Waals surface area (Å²) in [6, 6.07) is 19.2. The van der Waals surface area contributed by atoms with Crippen LogP contribution in [-0.2, 0) is 6.54 Å². The number of benzene rings is 2. The zero-order chi connectivity index (χ0) is 21.4. The number of para-hydroxylation sites is 1. The number of ether oxygens (including phenoxy) is 1. The van der Waals surface area contributed by atoms with Gasteiger partial charge in [-0.2, -0.15) is 5.21 Å². The molecule has 31 heavy (non-hydrogen) atoms. The molecule has 8 nitrogen and oxygen atoms in total. The summed E-state index contributed by atoms with van der Waals surface area (Å²) in [6.45, 7) is 4.29. The number of tetrazole rings is 1. The molecule has 0 spiro atoms. The number of furan rings is 1. The maximum atomic E-state index is 11.5. The second-order valence-electron chi connectivity index (χ2n) is 8.13. The van der Waals surface area contributed by atoms with E-state index in [0.717, 1.165) is 22.6 Å². The lowest BCUT2D eigenvalue weighted by molar-refractivity contribution is -0.0591. The first kappa shape index (κ1) is 19.3. The number of hydrogen-bond acceptors (Lipinski definition) is 7. The molecule has 0 radical (unpaired) electrons. The van der Waals surface area contributed by atoms with Crippen LogP contribution in [0.4, 0.5) is 5.69 Å². The summed E-state index contributed by atoms with van der Waals surface area (Å²) >= 11 is 0. The molecule has 0 saturated carbocycles. The van der Waals surface area contributed by atoms with Gasteiger partial charge in [0, 0.05) is 16.8 Å². The van der Waals surface area contributed by atoms with Crippen LogP contribution in [-0.4, -0.2) is 37.4 Å². The second kappa shape index (κ2) is 7.55. The minimum Gasteiger partial charge on any atom is -0.485 e. The van der Waals surface area contributed by atoms with Crippen LogP contribution in [0.15, 0.2) is 71.3 Å². The standard InChI is InChI=1S/C23H23N5O3/c1-23(2)21(29)20(18-13-15(10-11-19(18)31-23)22-24-26-27-25-22)28(14-17-9-6-12-30-17)16-7-4-3-5-8-16/h3-13,20-21,29H,14H2,1-2H3,(H,24,25,26,27)/t20-,21+/m0/s1. The predicted octanol–water partition coefficient (Wildman–Crippen LogP) is 3.74. The molecule has 8 heteroatoms. The fraction of sp³-hybridized carbons (Fsp3) is 0.261. The number of nitrogens with one attached hydrogen (secondary N) is 1. The second-order valence-corrected chi connectivity index (χ2v) is 8.13. The number of aromatic amines is 1. The summed E-state index contributed by atoms with van der Waals surface area (Å²) in [5, 5.41) is 25.8. The van der Waals surface area contributed by atoms with E-state index >= 15 is 0 Å². The van der Waals surface area contributed by atoms with Gasteiger partial charge in [-0.05, 0) is 61.5 Å². The van der Waals surface area contributed by atoms with E-state index in [9.17, 15) is 5.11 Å². The SMILES string of the molecule is CC1(C)Oc2ccc(-c3nn[nH]n3)cc2[C@H](N(Cc2ccco2)c2ccccc2)[C@H]1O. The highest BCUT2D eigenvalue weighted by Gasteiger charge is 2.46. The molecule has 2 N–H and O–H groups in total. The number of aliphatic hydroxyl groups excluding tert-OH is 1. The van der Waals surface area contributed by atoms with Gasteiger partial charge in [-0.1, -0.05) is 18.2 Å². The lowest BCUT2D eigenvalue weighted by atomic mass is 9.84. The molecule has 0 bridgehead atoms. The Balaban J connectivity index is 1.66. The van der Waals surface area contributed by atoms with Crippen molar-refractivity contribution in [3.05, 3.63) is 78.3 Å². The normalized spacial score (nSPS) is 19.5. The number of aliphatic hydroxyl groups is 1. The smallest absolute Gasteiger partial charge is 0.204 e. The Kier molecular flexibility index (Phi) is 4.71. The molecule has 0 unspecified atom stereocenters. The first-order chi connectivity index (χ1) is 15.0. The third-order valence-electron chi connectivity index (χ3n) is 5.65. The average molecular weight is 417 g/mol.